The van der Waals surface area contributed by atoms with Gasteiger partial charge in [-0.05, 0) is 24.3 Å². The summed E-state index contributed by atoms with van der Waals surface area (Å²) in [5, 5.41) is 3.34. The number of fused-ring (bicyclic) bond motifs is 1. The van der Waals surface area contributed by atoms with Crippen LogP contribution in [-0.4, -0.2) is 9.97 Å². The molecule has 0 aliphatic carbocycles. The Labute approximate surface area is 141 Å². The molecule has 0 unspecified atom stereocenters. The summed E-state index contributed by atoms with van der Waals surface area (Å²) >= 11 is 7.31. The van der Waals surface area contributed by atoms with E-state index >= 15 is 0 Å². The summed E-state index contributed by atoms with van der Waals surface area (Å²) in [7, 11) is 0. The van der Waals surface area contributed by atoms with E-state index in [-0.39, 0.29) is 0 Å². The summed E-state index contributed by atoms with van der Waals surface area (Å²) in [6.45, 7) is 0.676. The first kappa shape index (κ1) is 14.2. The highest BCUT2D eigenvalue weighted by Crippen LogP contribution is 2.26. The van der Waals surface area contributed by atoms with Gasteiger partial charge in [0.2, 0.25) is 5.89 Å². The van der Waals surface area contributed by atoms with Gasteiger partial charge in [0.25, 0.3) is 0 Å². The third-order valence-electron chi connectivity index (χ3n) is 3.40. The molecule has 2 heterocycles. The Bertz CT molecular complexity index is 949. The summed E-state index contributed by atoms with van der Waals surface area (Å²) in [5.41, 5.74) is 3.54. The molecular weight excluding hydrogens is 330 g/mol. The lowest BCUT2D eigenvalue weighted by Crippen LogP contribution is -1.96. The zero-order valence-corrected chi connectivity index (χ0v) is 13.6. The first-order chi connectivity index (χ1) is 11.3. The van der Waals surface area contributed by atoms with E-state index in [1.807, 2.05) is 48.5 Å². The van der Waals surface area contributed by atoms with Crippen LogP contribution in [0.15, 0.2) is 59.1 Å². The van der Waals surface area contributed by atoms with Crippen LogP contribution in [-0.2, 0) is 6.54 Å². The number of benzene rings is 2. The van der Waals surface area contributed by atoms with Crippen LogP contribution in [0.25, 0.3) is 22.6 Å². The largest absolute Gasteiger partial charge is 0.436 e. The number of thiazole rings is 1. The van der Waals surface area contributed by atoms with E-state index in [0.717, 1.165) is 27.2 Å². The van der Waals surface area contributed by atoms with Gasteiger partial charge in [-0.15, -0.1) is 11.3 Å². The second-order valence-corrected chi connectivity index (χ2v) is 6.70. The van der Waals surface area contributed by atoms with Crippen molar-refractivity contribution in [2.75, 3.05) is 5.32 Å². The van der Waals surface area contributed by atoms with Crippen molar-refractivity contribution < 1.29 is 4.42 Å². The Morgan fingerprint density at radius 1 is 1.13 bits per heavy atom. The minimum Gasteiger partial charge on any atom is -0.436 e. The molecule has 114 valence electrons. The van der Waals surface area contributed by atoms with Crippen molar-refractivity contribution >= 4 is 39.7 Å². The maximum absolute atomic E-state index is 5.87. The zero-order valence-electron chi connectivity index (χ0n) is 12.0. The highest BCUT2D eigenvalue weighted by molar-refractivity contribution is 7.15. The number of oxazole rings is 1. The van der Waals surface area contributed by atoms with Crippen LogP contribution in [0, 0.1) is 0 Å². The van der Waals surface area contributed by atoms with Crippen molar-refractivity contribution in [3.05, 3.63) is 64.1 Å². The second kappa shape index (κ2) is 6.02. The van der Waals surface area contributed by atoms with Gasteiger partial charge < -0.3 is 9.73 Å². The molecule has 0 radical (unpaired) electrons. The monoisotopic (exact) mass is 341 g/mol. The molecule has 0 amide bonds. The molecular formula is C17H12ClN3OS. The van der Waals surface area contributed by atoms with E-state index in [0.29, 0.717) is 16.9 Å². The van der Waals surface area contributed by atoms with Gasteiger partial charge in [-0.25, -0.2) is 9.97 Å². The summed E-state index contributed by atoms with van der Waals surface area (Å²) in [6, 6.07) is 15.8. The molecule has 0 aliphatic heterocycles. The van der Waals surface area contributed by atoms with E-state index in [1.54, 1.807) is 6.20 Å². The number of aromatic nitrogens is 2. The number of hydrogen-bond acceptors (Lipinski definition) is 5. The van der Waals surface area contributed by atoms with Gasteiger partial charge in [0.1, 0.15) is 5.52 Å². The first-order valence-electron chi connectivity index (χ1n) is 7.08. The average Bonchev–Trinajstić information content (AvgIpc) is 3.19. The highest BCUT2D eigenvalue weighted by Gasteiger charge is 2.08. The fourth-order valence-corrected chi connectivity index (χ4v) is 3.21. The first-order valence-corrected chi connectivity index (χ1v) is 8.27. The topological polar surface area (TPSA) is 51.0 Å². The molecule has 0 bridgehead atoms. The fraction of sp³-hybridized carbons (Fsp3) is 0.0588. The number of anilines is 1. The van der Waals surface area contributed by atoms with Crippen molar-refractivity contribution in [3.63, 3.8) is 0 Å². The molecule has 0 aliphatic rings. The van der Waals surface area contributed by atoms with Crippen LogP contribution < -0.4 is 5.32 Å². The highest BCUT2D eigenvalue weighted by atomic mass is 35.5. The Balaban J connectivity index is 1.58. The van der Waals surface area contributed by atoms with Crippen LogP contribution >= 0.6 is 22.9 Å². The van der Waals surface area contributed by atoms with E-state index < -0.39 is 0 Å². The molecule has 4 nitrogen and oxygen atoms in total. The molecule has 1 N–H and O–H groups in total. The number of nitrogens with one attached hydrogen (secondary N) is 1. The van der Waals surface area contributed by atoms with Crippen molar-refractivity contribution in [1.82, 2.24) is 9.97 Å². The molecule has 23 heavy (non-hydrogen) atoms. The number of rotatable bonds is 4. The fourth-order valence-electron chi connectivity index (χ4n) is 2.29. The molecule has 0 fully saturated rings. The Morgan fingerprint density at radius 2 is 2.00 bits per heavy atom. The van der Waals surface area contributed by atoms with E-state index in [9.17, 15) is 0 Å². The molecule has 0 saturated carbocycles. The Morgan fingerprint density at radius 3 is 2.78 bits per heavy atom. The molecule has 2 aromatic heterocycles. The normalized spacial score (nSPS) is 11.0. The SMILES string of the molecule is Clc1ncc(CNc2ccc3nc(-c4ccccc4)oc3c2)s1. The Kier molecular flexibility index (Phi) is 3.73. The van der Waals surface area contributed by atoms with E-state index in [2.05, 4.69) is 15.3 Å². The zero-order chi connectivity index (χ0) is 15.6. The van der Waals surface area contributed by atoms with Gasteiger partial charge >= 0.3 is 0 Å². The Hall–Kier alpha value is -2.37. The van der Waals surface area contributed by atoms with Crippen molar-refractivity contribution in [2.45, 2.75) is 6.54 Å². The van der Waals surface area contributed by atoms with Crippen molar-refractivity contribution in [1.29, 1.82) is 0 Å². The van der Waals surface area contributed by atoms with Crippen LogP contribution in [0.2, 0.25) is 4.47 Å². The number of halogens is 1. The van der Waals surface area contributed by atoms with Crippen LogP contribution in [0.1, 0.15) is 4.88 Å². The summed E-state index contributed by atoms with van der Waals surface area (Å²) in [6.07, 6.45) is 1.78. The lowest BCUT2D eigenvalue weighted by Gasteiger charge is -2.03. The van der Waals surface area contributed by atoms with Gasteiger partial charge in [-0.2, -0.15) is 0 Å². The lowest BCUT2D eigenvalue weighted by molar-refractivity contribution is 0.620. The third-order valence-corrected chi connectivity index (χ3v) is 4.52. The molecule has 6 heteroatoms. The summed E-state index contributed by atoms with van der Waals surface area (Å²) in [4.78, 5) is 9.64. The van der Waals surface area contributed by atoms with Gasteiger partial charge in [-0.1, -0.05) is 29.8 Å². The predicted molar refractivity (Wildman–Crippen MR) is 93.9 cm³/mol. The van der Waals surface area contributed by atoms with Gasteiger partial charge in [-0.3, -0.25) is 0 Å². The van der Waals surface area contributed by atoms with Gasteiger partial charge in [0.05, 0.1) is 6.54 Å². The van der Waals surface area contributed by atoms with Crippen LogP contribution in [0.5, 0.6) is 0 Å². The average molecular weight is 342 g/mol. The summed E-state index contributed by atoms with van der Waals surface area (Å²) in [5.74, 6) is 0.631. The summed E-state index contributed by atoms with van der Waals surface area (Å²) < 4.78 is 6.42. The lowest BCUT2D eigenvalue weighted by atomic mass is 10.2. The molecule has 4 aromatic rings. The van der Waals surface area contributed by atoms with Crippen LogP contribution in [0.3, 0.4) is 0 Å². The predicted octanol–water partition coefficient (Wildman–Crippen LogP) is 5.22. The maximum Gasteiger partial charge on any atom is 0.227 e. The van der Waals surface area contributed by atoms with E-state index in [4.69, 9.17) is 16.0 Å². The molecule has 0 saturated heterocycles. The second-order valence-electron chi connectivity index (χ2n) is 5.00. The van der Waals surface area contributed by atoms with Crippen molar-refractivity contribution in [3.8, 4) is 11.5 Å². The number of hydrogen-bond donors (Lipinski definition) is 1. The van der Waals surface area contributed by atoms with Gasteiger partial charge in [0, 0.05) is 28.4 Å². The van der Waals surface area contributed by atoms with E-state index in [1.165, 1.54) is 11.3 Å². The van der Waals surface area contributed by atoms with Gasteiger partial charge in [0.15, 0.2) is 10.0 Å². The molecule has 0 spiro atoms. The minimum atomic E-state index is 0.556. The standard InChI is InChI=1S/C17H12ClN3OS/c18-17-20-10-13(23-17)9-19-12-6-7-14-15(8-12)22-16(21-14)11-4-2-1-3-5-11/h1-8,10,19H,9H2. The maximum atomic E-state index is 5.87. The van der Waals surface area contributed by atoms with Crippen molar-refractivity contribution in [2.24, 2.45) is 0 Å². The molecule has 4 rings (SSSR count). The molecule has 2 aromatic carbocycles. The third kappa shape index (κ3) is 3.06. The quantitative estimate of drug-likeness (QED) is 0.553. The minimum absolute atomic E-state index is 0.556. The smallest absolute Gasteiger partial charge is 0.227 e. The molecule has 0 atom stereocenters. The number of nitrogens with zero attached hydrogens (tertiary/aromatic N) is 2. The van der Waals surface area contributed by atoms with Crippen LogP contribution in [0.4, 0.5) is 5.69 Å².